The van der Waals surface area contributed by atoms with Crippen molar-refractivity contribution in [1.29, 1.82) is 0 Å². The molecule has 1 unspecified atom stereocenters. The van der Waals surface area contributed by atoms with Gasteiger partial charge >= 0.3 is 11.9 Å². The lowest BCUT2D eigenvalue weighted by atomic mass is 10.2. The lowest BCUT2D eigenvalue weighted by Crippen LogP contribution is -2.31. The maximum absolute atomic E-state index is 12.1. The zero-order valence-electron chi connectivity index (χ0n) is 16.0. The van der Waals surface area contributed by atoms with Gasteiger partial charge in [0.1, 0.15) is 19.0 Å². The highest BCUT2D eigenvalue weighted by atomic mass is 16.7. The van der Waals surface area contributed by atoms with Gasteiger partial charge in [0, 0.05) is 11.1 Å². The molecule has 1 aromatic rings. The van der Waals surface area contributed by atoms with E-state index in [1.54, 1.807) is 30.3 Å². The number of hydrogen-bond donors (Lipinski definition) is 2. The zero-order chi connectivity index (χ0) is 21.8. The maximum atomic E-state index is 12.1. The largest absolute Gasteiger partial charge is 0.454 e. The van der Waals surface area contributed by atoms with Crippen molar-refractivity contribution >= 4 is 23.5 Å². The quantitative estimate of drug-likeness (QED) is 0.306. The van der Waals surface area contributed by atoms with E-state index in [4.69, 9.17) is 24.4 Å². The van der Waals surface area contributed by atoms with Gasteiger partial charge in [-0.15, -0.1) is 0 Å². The minimum Gasteiger partial charge on any atom is -0.454 e. The summed E-state index contributed by atoms with van der Waals surface area (Å²) in [4.78, 5) is 46.5. The van der Waals surface area contributed by atoms with Gasteiger partial charge < -0.3 is 24.4 Å². The Labute approximate surface area is 167 Å². The summed E-state index contributed by atoms with van der Waals surface area (Å²) in [7, 11) is 0. The van der Waals surface area contributed by atoms with Crippen LogP contribution in [0.5, 0.6) is 5.75 Å². The molecule has 2 N–H and O–H groups in total. The second-order valence-corrected chi connectivity index (χ2v) is 5.77. The van der Waals surface area contributed by atoms with E-state index in [9.17, 15) is 19.2 Å². The molecule has 1 aromatic carbocycles. The Balaban J connectivity index is 2.86. The fraction of sp³-hybridized carbons (Fsp3) is 0.300. The van der Waals surface area contributed by atoms with Crippen molar-refractivity contribution in [3.8, 4) is 5.75 Å². The van der Waals surface area contributed by atoms with Crippen LogP contribution in [0.25, 0.3) is 0 Å². The average Bonchev–Trinajstić information content (AvgIpc) is 2.71. The molecule has 1 atom stereocenters. The third-order valence-electron chi connectivity index (χ3n) is 3.31. The third kappa shape index (κ3) is 8.96. The predicted octanol–water partition coefficient (Wildman–Crippen LogP) is 0.493. The molecule has 0 spiro atoms. The molecular formula is C20H22O9. The van der Waals surface area contributed by atoms with Gasteiger partial charge in [0.2, 0.25) is 0 Å². The first-order chi connectivity index (χ1) is 13.8. The van der Waals surface area contributed by atoms with E-state index < -0.39 is 49.6 Å². The molecule has 29 heavy (non-hydrogen) atoms. The number of aliphatic hydroxyl groups is 2. The molecule has 0 heterocycles. The van der Waals surface area contributed by atoms with E-state index in [0.29, 0.717) is 5.75 Å². The molecule has 156 valence electrons. The number of esters is 2. The summed E-state index contributed by atoms with van der Waals surface area (Å²) in [6, 6.07) is 8.28. The van der Waals surface area contributed by atoms with Crippen LogP contribution in [0.1, 0.15) is 13.8 Å². The monoisotopic (exact) mass is 406 g/mol. The number of benzene rings is 1. The molecule has 0 bridgehead atoms. The lowest BCUT2D eigenvalue weighted by molar-refractivity contribution is -0.172. The van der Waals surface area contributed by atoms with Crippen LogP contribution in [0.4, 0.5) is 0 Å². The number of ether oxygens (including phenoxy) is 3. The number of carbonyl (C=O) groups excluding carboxylic acids is 4. The first kappa shape index (κ1) is 23.7. The molecule has 0 fully saturated rings. The Hall–Kier alpha value is -3.30. The summed E-state index contributed by atoms with van der Waals surface area (Å²) in [5, 5.41) is 17.5. The lowest BCUT2D eigenvalue weighted by Gasteiger charge is -2.19. The summed E-state index contributed by atoms with van der Waals surface area (Å²) in [6.07, 6.45) is 0.499. The van der Waals surface area contributed by atoms with Gasteiger partial charge in [0.25, 0.3) is 6.29 Å². The van der Waals surface area contributed by atoms with Crippen LogP contribution < -0.4 is 4.74 Å². The van der Waals surface area contributed by atoms with Crippen molar-refractivity contribution in [2.45, 2.75) is 20.1 Å². The van der Waals surface area contributed by atoms with Gasteiger partial charge in [-0.25, -0.2) is 9.59 Å². The topological polar surface area (TPSA) is 136 Å². The molecule has 0 radical (unpaired) electrons. The van der Waals surface area contributed by atoms with Crippen molar-refractivity contribution in [3.05, 3.63) is 53.6 Å². The Morgan fingerprint density at radius 3 is 1.93 bits per heavy atom. The third-order valence-corrected chi connectivity index (χ3v) is 3.31. The highest BCUT2D eigenvalue weighted by Crippen LogP contribution is 2.13. The van der Waals surface area contributed by atoms with Crippen LogP contribution in [-0.2, 0) is 28.7 Å². The van der Waals surface area contributed by atoms with E-state index in [0.717, 1.165) is 12.2 Å². The van der Waals surface area contributed by atoms with Gasteiger partial charge in [0.05, 0.1) is 0 Å². The average molecular weight is 406 g/mol. The van der Waals surface area contributed by atoms with Gasteiger partial charge in [-0.3, -0.25) is 9.59 Å². The summed E-state index contributed by atoms with van der Waals surface area (Å²) < 4.78 is 15.6. The first-order valence-electron chi connectivity index (χ1n) is 8.50. The fourth-order valence-electron chi connectivity index (χ4n) is 1.90. The van der Waals surface area contributed by atoms with Gasteiger partial charge in [0.15, 0.2) is 18.2 Å². The van der Waals surface area contributed by atoms with Gasteiger partial charge in [-0.05, 0) is 38.1 Å². The molecule has 9 heteroatoms. The van der Waals surface area contributed by atoms with Crippen LogP contribution in [0.2, 0.25) is 0 Å². The van der Waals surface area contributed by atoms with Gasteiger partial charge in [-0.1, -0.05) is 18.2 Å². The summed E-state index contributed by atoms with van der Waals surface area (Å²) in [6.45, 7) is 0.626. The maximum Gasteiger partial charge on any atom is 0.337 e. The van der Waals surface area contributed by atoms with E-state index in [2.05, 4.69) is 0 Å². The summed E-state index contributed by atoms with van der Waals surface area (Å²) in [5.41, 5.74) is -0.139. The van der Waals surface area contributed by atoms with E-state index >= 15 is 0 Å². The van der Waals surface area contributed by atoms with Crippen molar-refractivity contribution in [1.82, 2.24) is 0 Å². The van der Waals surface area contributed by atoms with Crippen molar-refractivity contribution in [3.63, 3.8) is 0 Å². The second-order valence-electron chi connectivity index (χ2n) is 5.77. The Morgan fingerprint density at radius 2 is 1.41 bits per heavy atom. The molecule has 1 rings (SSSR count). The van der Waals surface area contributed by atoms with Gasteiger partial charge in [-0.2, -0.15) is 0 Å². The highest BCUT2D eigenvalue weighted by molar-refractivity contribution is 6.00. The molecule has 0 aliphatic rings. The minimum atomic E-state index is -1.34. The molecular weight excluding hydrogens is 384 g/mol. The van der Waals surface area contributed by atoms with Crippen LogP contribution in [-0.4, -0.2) is 59.8 Å². The highest BCUT2D eigenvalue weighted by Gasteiger charge is 2.21. The standard InChI is InChI=1S/C20H22O9/c1-13(8-15(23)10-21)19(25)27-12-18(28-17-6-4-3-5-7-17)29-20(26)14(2)9-16(24)11-22/h3-9,18,21-22H,10-12H2,1-2H3. The summed E-state index contributed by atoms with van der Waals surface area (Å²) >= 11 is 0. The molecule has 0 aromatic heterocycles. The van der Waals surface area contributed by atoms with Crippen LogP contribution in [0.15, 0.2) is 53.6 Å². The number of rotatable bonds is 11. The number of hydrogen-bond acceptors (Lipinski definition) is 9. The van der Waals surface area contributed by atoms with E-state index in [-0.39, 0.29) is 11.1 Å². The van der Waals surface area contributed by atoms with Crippen molar-refractivity contribution in [2.75, 3.05) is 19.8 Å². The van der Waals surface area contributed by atoms with Crippen molar-refractivity contribution < 1.29 is 43.6 Å². The predicted molar refractivity (Wildman–Crippen MR) is 99.6 cm³/mol. The number of para-hydroxylation sites is 1. The number of aliphatic hydroxyl groups excluding tert-OH is 2. The molecule has 0 saturated heterocycles. The zero-order valence-corrected chi connectivity index (χ0v) is 16.0. The fourth-order valence-corrected chi connectivity index (χ4v) is 1.90. The second kappa shape index (κ2) is 12.2. The smallest absolute Gasteiger partial charge is 0.337 e. The van der Waals surface area contributed by atoms with E-state index in [1.807, 2.05) is 0 Å². The SMILES string of the molecule is CC(=CC(=O)CO)C(=O)OCC(OC(=O)C(C)=CC(=O)CO)Oc1ccccc1. The van der Waals surface area contributed by atoms with Crippen LogP contribution in [0, 0.1) is 0 Å². The first-order valence-corrected chi connectivity index (χ1v) is 8.50. The molecule has 9 nitrogen and oxygen atoms in total. The van der Waals surface area contributed by atoms with Crippen molar-refractivity contribution in [2.24, 2.45) is 0 Å². The summed E-state index contributed by atoms with van der Waals surface area (Å²) in [5.74, 6) is -2.80. The molecule has 0 saturated carbocycles. The van der Waals surface area contributed by atoms with Crippen LogP contribution in [0.3, 0.4) is 0 Å². The minimum absolute atomic E-state index is 0.0570. The normalized spacial score (nSPS) is 12.7. The Bertz CT molecular complexity index is 793. The number of ketones is 2. The Morgan fingerprint density at radius 1 is 0.897 bits per heavy atom. The Kier molecular flexibility index (Phi) is 10.00. The molecule has 0 amide bonds. The molecule has 0 aliphatic heterocycles. The van der Waals surface area contributed by atoms with Crippen LogP contribution >= 0.6 is 0 Å². The number of carbonyl (C=O) groups is 4. The molecule has 0 aliphatic carbocycles. The van der Waals surface area contributed by atoms with E-state index in [1.165, 1.54) is 13.8 Å².